The van der Waals surface area contributed by atoms with Gasteiger partial charge in [0.2, 0.25) is 0 Å². The van der Waals surface area contributed by atoms with E-state index in [-0.39, 0.29) is 6.61 Å². The van der Waals surface area contributed by atoms with Gasteiger partial charge in [-0.3, -0.25) is 0 Å². The highest BCUT2D eigenvalue weighted by Gasteiger charge is 2.50. The monoisotopic (exact) mass is 372 g/mol. The Morgan fingerprint density at radius 1 is 0.963 bits per heavy atom. The number of aliphatic hydroxyl groups is 2. The fourth-order valence-corrected chi connectivity index (χ4v) is 3.25. The maximum atomic E-state index is 12.3. The number of rotatable bonds is 3. The molecular weight excluding hydrogens is 352 g/mol. The minimum absolute atomic E-state index is 0.137. The largest absolute Gasteiger partial charge is 0.450 e. The Kier molecular flexibility index (Phi) is 5.20. The maximum Gasteiger partial charge on any atom is 0.338 e. The van der Waals surface area contributed by atoms with Crippen molar-refractivity contribution in [1.82, 2.24) is 0 Å². The third-order valence-corrected chi connectivity index (χ3v) is 4.65. The Hall–Kier alpha value is -2.29. The molecule has 2 N–H and O–H groups in total. The summed E-state index contributed by atoms with van der Waals surface area (Å²) in [6.07, 6.45) is -6.15. The van der Waals surface area contributed by atoms with Gasteiger partial charge >= 0.3 is 5.97 Å². The first kappa shape index (κ1) is 18.1. The summed E-state index contributed by atoms with van der Waals surface area (Å²) in [5.41, 5.74) is 1.11. The van der Waals surface area contributed by atoms with Crippen LogP contribution >= 0.6 is 0 Å². The molecule has 7 nitrogen and oxygen atoms in total. The van der Waals surface area contributed by atoms with Crippen LogP contribution in [0.2, 0.25) is 0 Å². The van der Waals surface area contributed by atoms with Crippen molar-refractivity contribution in [1.29, 1.82) is 0 Å². The van der Waals surface area contributed by atoms with Gasteiger partial charge in [0.25, 0.3) is 0 Å². The average molecular weight is 372 g/mol. The number of fused-ring (bicyclic) bond motifs is 1. The lowest BCUT2D eigenvalue weighted by Gasteiger charge is -2.46. The second-order valence-electron chi connectivity index (χ2n) is 6.47. The maximum absolute atomic E-state index is 12.3. The summed E-state index contributed by atoms with van der Waals surface area (Å²) in [4.78, 5) is 12.3. The van der Waals surface area contributed by atoms with Crippen molar-refractivity contribution in [2.24, 2.45) is 0 Å². The highest BCUT2D eigenvalue weighted by molar-refractivity contribution is 5.89. The Morgan fingerprint density at radius 2 is 1.63 bits per heavy atom. The quantitative estimate of drug-likeness (QED) is 0.787. The lowest BCUT2D eigenvalue weighted by Crippen LogP contribution is -2.62. The minimum atomic E-state index is -1.48. The molecule has 0 aliphatic carbocycles. The number of ether oxygens (including phenoxy) is 4. The first-order chi connectivity index (χ1) is 13.1. The molecule has 0 saturated carbocycles. The Balaban J connectivity index is 1.48. The van der Waals surface area contributed by atoms with E-state index < -0.39 is 43.0 Å². The molecule has 2 aliphatic heterocycles. The first-order valence-electron chi connectivity index (χ1n) is 8.73. The summed E-state index contributed by atoms with van der Waals surface area (Å²) in [5.74, 6) is -0.660. The van der Waals surface area contributed by atoms with Crippen molar-refractivity contribution >= 4 is 5.97 Å². The number of carbonyl (C=O) groups is 1. The average Bonchev–Trinajstić information content (AvgIpc) is 2.72. The molecule has 7 heteroatoms. The van der Waals surface area contributed by atoms with Crippen molar-refractivity contribution in [3.8, 4) is 0 Å². The van der Waals surface area contributed by atoms with Crippen LogP contribution in [0.5, 0.6) is 0 Å². The standard InChI is InChI=1S/C20H20O7/c21-15-16-14(11-24-20(27-16)13-9-5-2-6-10-13)25-19(23)17(15)26-18(22)12-7-3-1-4-8-12/h1-10,14-17,19-21,23H,11H2/t14?,15-,16-,17?,19+,20?/m1/s1. The van der Waals surface area contributed by atoms with E-state index in [4.69, 9.17) is 18.9 Å². The Labute approximate surface area is 156 Å². The first-order valence-corrected chi connectivity index (χ1v) is 8.73. The van der Waals surface area contributed by atoms with Crippen LogP contribution < -0.4 is 0 Å². The van der Waals surface area contributed by atoms with E-state index in [1.54, 1.807) is 30.3 Å². The second kappa shape index (κ2) is 7.75. The van der Waals surface area contributed by atoms with Crippen LogP contribution in [0.3, 0.4) is 0 Å². The Bertz CT molecular complexity index is 766. The van der Waals surface area contributed by atoms with E-state index in [0.29, 0.717) is 5.56 Å². The van der Waals surface area contributed by atoms with Gasteiger partial charge in [-0.2, -0.15) is 0 Å². The minimum Gasteiger partial charge on any atom is -0.450 e. The van der Waals surface area contributed by atoms with Crippen LogP contribution in [0.1, 0.15) is 22.2 Å². The van der Waals surface area contributed by atoms with Gasteiger partial charge in [-0.25, -0.2) is 4.79 Å². The summed E-state index contributed by atoms with van der Waals surface area (Å²) in [6.45, 7) is 0.137. The molecule has 142 valence electrons. The number of benzene rings is 2. The zero-order chi connectivity index (χ0) is 18.8. The van der Waals surface area contributed by atoms with Gasteiger partial charge in [0.1, 0.15) is 18.3 Å². The SMILES string of the molecule is O=C(OC1[C@@H](O)OC2COC(c3ccccc3)O[C@H]2[C@H]1O)c1ccccc1. The van der Waals surface area contributed by atoms with Gasteiger partial charge in [0.15, 0.2) is 18.7 Å². The molecule has 6 atom stereocenters. The third kappa shape index (κ3) is 3.73. The molecule has 3 unspecified atom stereocenters. The van der Waals surface area contributed by atoms with Gasteiger partial charge in [0.05, 0.1) is 12.2 Å². The van der Waals surface area contributed by atoms with Crippen molar-refractivity contribution in [2.75, 3.05) is 6.61 Å². The summed E-state index contributed by atoms with van der Waals surface area (Å²) in [5, 5.41) is 20.9. The van der Waals surface area contributed by atoms with E-state index in [1.165, 1.54) is 0 Å². The molecule has 0 aromatic heterocycles. The van der Waals surface area contributed by atoms with E-state index in [9.17, 15) is 15.0 Å². The fraction of sp³-hybridized carbons (Fsp3) is 0.350. The van der Waals surface area contributed by atoms with E-state index in [0.717, 1.165) is 5.56 Å². The van der Waals surface area contributed by atoms with Crippen molar-refractivity contribution in [2.45, 2.75) is 37.0 Å². The number of esters is 1. The number of hydrogen-bond acceptors (Lipinski definition) is 7. The summed E-state index contributed by atoms with van der Waals surface area (Å²) >= 11 is 0. The molecule has 4 rings (SSSR count). The van der Waals surface area contributed by atoms with Crippen LogP contribution in [0.4, 0.5) is 0 Å². The molecule has 2 saturated heterocycles. The number of aliphatic hydroxyl groups excluding tert-OH is 2. The lowest BCUT2D eigenvalue weighted by molar-refractivity contribution is -0.353. The molecule has 2 aliphatic rings. The summed E-state index contributed by atoms with van der Waals surface area (Å²) < 4.78 is 22.3. The zero-order valence-electron chi connectivity index (χ0n) is 14.4. The summed E-state index contributed by atoms with van der Waals surface area (Å²) in [6, 6.07) is 17.6. The van der Waals surface area contributed by atoms with Crippen LogP contribution in [-0.4, -0.2) is 53.5 Å². The molecule has 2 aromatic carbocycles. The van der Waals surface area contributed by atoms with Crippen LogP contribution in [-0.2, 0) is 18.9 Å². The highest BCUT2D eigenvalue weighted by atomic mass is 16.7. The highest BCUT2D eigenvalue weighted by Crippen LogP contribution is 2.34. The van der Waals surface area contributed by atoms with Crippen LogP contribution in [0.15, 0.2) is 60.7 Å². The molecule has 2 heterocycles. The third-order valence-electron chi connectivity index (χ3n) is 4.65. The molecule has 2 fully saturated rings. The normalized spacial score (nSPS) is 33.1. The molecule has 0 amide bonds. The van der Waals surface area contributed by atoms with E-state index in [1.807, 2.05) is 30.3 Å². The van der Waals surface area contributed by atoms with Gasteiger partial charge in [0, 0.05) is 5.56 Å². The van der Waals surface area contributed by atoms with Gasteiger partial charge in [-0.15, -0.1) is 0 Å². The number of carbonyl (C=O) groups excluding carboxylic acids is 1. The van der Waals surface area contributed by atoms with Gasteiger partial charge in [-0.1, -0.05) is 48.5 Å². The van der Waals surface area contributed by atoms with Crippen molar-refractivity contribution < 1.29 is 34.0 Å². The second-order valence-corrected chi connectivity index (χ2v) is 6.47. The van der Waals surface area contributed by atoms with Gasteiger partial charge < -0.3 is 29.2 Å². The molecule has 0 bridgehead atoms. The molecule has 0 spiro atoms. The molecule has 2 aromatic rings. The fourth-order valence-electron chi connectivity index (χ4n) is 3.25. The predicted molar refractivity (Wildman–Crippen MR) is 92.5 cm³/mol. The van der Waals surface area contributed by atoms with E-state index in [2.05, 4.69) is 0 Å². The van der Waals surface area contributed by atoms with Gasteiger partial charge in [-0.05, 0) is 12.1 Å². The molecule has 0 radical (unpaired) electrons. The lowest BCUT2D eigenvalue weighted by atomic mass is 9.97. The van der Waals surface area contributed by atoms with Crippen molar-refractivity contribution in [3.05, 3.63) is 71.8 Å². The zero-order valence-corrected chi connectivity index (χ0v) is 14.4. The Morgan fingerprint density at radius 3 is 2.33 bits per heavy atom. The molecular formula is C20H20O7. The topological polar surface area (TPSA) is 94.5 Å². The number of hydrogen-bond donors (Lipinski definition) is 2. The van der Waals surface area contributed by atoms with Crippen LogP contribution in [0, 0.1) is 0 Å². The smallest absolute Gasteiger partial charge is 0.338 e. The van der Waals surface area contributed by atoms with Crippen LogP contribution in [0.25, 0.3) is 0 Å². The summed E-state index contributed by atoms with van der Waals surface area (Å²) in [7, 11) is 0. The van der Waals surface area contributed by atoms with E-state index >= 15 is 0 Å². The predicted octanol–water partition coefficient (Wildman–Crippen LogP) is 1.40. The van der Waals surface area contributed by atoms with Crippen molar-refractivity contribution in [3.63, 3.8) is 0 Å². The molecule has 27 heavy (non-hydrogen) atoms.